The summed E-state index contributed by atoms with van der Waals surface area (Å²) in [6.45, 7) is 3.37. The number of amides is 1. The summed E-state index contributed by atoms with van der Waals surface area (Å²) in [5.74, 6) is -0.673. The third kappa shape index (κ3) is 4.03. The molecule has 0 atom stereocenters. The fraction of sp³-hybridized carbons (Fsp3) is 0.125. The summed E-state index contributed by atoms with van der Waals surface area (Å²) in [7, 11) is 0. The van der Waals surface area contributed by atoms with Crippen molar-refractivity contribution in [3.05, 3.63) is 51.7 Å². The van der Waals surface area contributed by atoms with E-state index in [1.54, 1.807) is 23.5 Å². The van der Waals surface area contributed by atoms with Crippen LogP contribution >= 0.6 is 11.3 Å². The number of carbonyl (C=O) groups is 2. The van der Waals surface area contributed by atoms with Gasteiger partial charge in [0.05, 0.1) is 5.56 Å². The van der Waals surface area contributed by atoms with Gasteiger partial charge in [-0.05, 0) is 43.3 Å². The summed E-state index contributed by atoms with van der Waals surface area (Å²) in [6.07, 6.45) is 3.15. The molecule has 1 aromatic heterocycles. The Hall–Kier alpha value is -2.40. The summed E-state index contributed by atoms with van der Waals surface area (Å²) in [5, 5.41) is 12.4. The molecule has 1 aromatic carbocycles. The lowest BCUT2D eigenvalue weighted by molar-refractivity contribution is -0.114. The first-order valence-electron chi connectivity index (χ1n) is 6.35. The van der Waals surface area contributed by atoms with E-state index >= 15 is 0 Å². The molecule has 2 rings (SSSR count). The number of thiophene rings is 1. The van der Waals surface area contributed by atoms with Gasteiger partial charge in [0, 0.05) is 28.4 Å². The van der Waals surface area contributed by atoms with Gasteiger partial charge in [-0.2, -0.15) is 0 Å². The number of aryl methyl sites for hydroxylation is 1. The van der Waals surface area contributed by atoms with Gasteiger partial charge >= 0.3 is 0 Å². The van der Waals surface area contributed by atoms with Gasteiger partial charge in [-0.1, -0.05) is 0 Å². The number of ketones is 1. The molecular formula is C16H15NO3S. The molecule has 1 heterocycles. The van der Waals surface area contributed by atoms with E-state index in [2.05, 4.69) is 5.32 Å². The van der Waals surface area contributed by atoms with Crippen molar-refractivity contribution in [2.45, 2.75) is 13.8 Å². The van der Waals surface area contributed by atoms with Crippen LogP contribution in [0.1, 0.15) is 27.0 Å². The van der Waals surface area contributed by atoms with Crippen molar-refractivity contribution >= 4 is 34.8 Å². The largest absolute Gasteiger partial charge is 0.507 e. The fourth-order valence-electron chi connectivity index (χ4n) is 1.81. The maximum absolute atomic E-state index is 12.0. The van der Waals surface area contributed by atoms with Crippen molar-refractivity contribution in [2.75, 3.05) is 5.32 Å². The molecule has 2 N–H and O–H groups in total. The molecule has 0 spiro atoms. The first-order chi connectivity index (χ1) is 9.95. The topological polar surface area (TPSA) is 66.4 Å². The highest BCUT2D eigenvalue weighted by Gasteiger charge is 2.09. The number of hydrogen-bond donors (Lipinski definition) is 2. The highest BCUT2D eigenvalue weighted by molar-refractivity contribution is 7.12. The summed E-state index contributed by atoms with van der Waals surface area (Å²) in [4.78, 5) is 25.1. The molecule has 1 amide bonds. The van der Waals surface area contributed by atoms with Crippen molar-refractivity contribution in [3.8, 4) is 5.75 Å². The van der Waals surface area contributed by atoms with Gasteiger partial charge in [0.2, 0.25) is 5.91 Å². The Morgan fingerprint density at radius 1 is 1.24 bits per heavy atom. The maximum Gasteiger partial charge on any atom is 0.221 e. The van der Waals surface area contributed by atoms with Crippen LogP contribution in [0.5, 0.6) is 5.75 Å². The van der Waals surface area contributed by atoms with Gasteiger partial charge in [0.25, 0.3) is 0 Å². The Labute approximate surface area is 126 Å². The Kier molecular flexibility index (Phi) is 4.55. The molecule has 0 aliphatic carbocycles. The first kappa shape index (κ1) is 15.0. The highest BCUT2D eigenvalue weighted by atomic mass is 32.1. The van der Waals surface area contributed by atoms with E-state index in [-0.39, 0.29) is 23.0 Å². The van der Waals surface area contributed by atoms with Gasteiger partial charge in [0.15, 0.2) is 5.78 Å². The van der Waals surface area contributed by atoms with Crippen LogP contribution in [0.4, 0.5) is 5.69 Å². The van der Waals surface area contributed by atoms with Crippen molar-refractivity contribution in [1.82, 2.24) is 0 Å². The van der Waals surface area contributed by atoms with Crippen LogP contribution < -0.4 is 5.32 Å². The Morgan fingerprint density at radius 2 is 2.00 bits per heavy atom. The molecule has 5 heteroatoms. The molecule has 0 bridgehead atoms. The highest BCUT2D eigenvalue weighted by Crippen LogP contribution is 2.23. The summed E-state index contributed by atoms with van der Waals surface area (Å²) >= 11 is 1.59. The van der Waals surface area contributed by atoms with E-state index in [9.17, 15) is 14.7 Å². The normalized spacial score (nSPS) is 10.8. The molecule has 0 fully saturated rings. The first-order valence-corrected chi connectivity index (χ1v) is 7.17. The monoisotopic (exact) mass is 301 g/mol. The van der Waals surface area contributed by atoms with Crippen LogP contribution in [0.3, 0.4) is 0 Å². The van der Waals surface area contributed by atoms with Crippen molar-refractivity contribution < 1.29 is 14.7 Å². The third-order valence-corrected chi connectivity index (χ3v) is 3.71. The number of rotatable bonds is 4. The minimum Gasteiger partial charge on any atom is -0.507 e. The fourth-order valence-corrected chi connectivity index (χ4v) is 2.59. The molecule has 0 aliphatic rings. The molecule has 2 aromatic rings. The summed E-state index contributed by atoms with van der Waals surface area (Å²) < 4.78 is 0. The van der Waals surface area contributed by atoms with Crippen LogP contribution in [0.2, 0.25) is 0 Å². The molecule has 0 radical (unpaired) electrons. The van der Waals surface area contributed by atoms with Gasteiger partial charge in [-0.25, -0.2) is 0 Å². The smallest absolute Gasteiger partial charge is 0.221 e. The predicted molar refractivity (Wildman–Crippen MR) is 84.8 cm³/mol. The van der Waals surface area contributed by atoms with E-state index in [4.69, 9.17) is 0 Å². The van der Waals surface area contributed by atoms with E-state index in [0.717, 1.165) is 4.88 Å². The number of nitrogens with one attached hydrogen (secondary N) is 1. The third-order valence-electron chi connectivity index (χ3n) is 2.74. The average Bonchev–Trinajstić information content (AvgIpc) is 2.81. The van der Waals surface area contributed by atoms with Crippen LogP contribution in [-0.2, 0) is 4.79 Å². The maximum atomic E-state index is 12.0. The van der Waals surface area contributed by atoms with Gasteiger partial charge in [-0.3, -0.25) is 9.59 Å². The lowest BCUT2D eigenvalue weighted by Gasteiger charge is -2.05. The molecule has 4 nitrogen and oxygen atoms in total. The van der Waals surface area contributed by atoms with Crippen LogP contribution in [0, 0.1) is 6.92 Å². The van der Waals surface area contributed by atoms with Crippen LogP contribution in [0.15, 0.2) is 36.4 Å². The quantitative estimate of drug-likeness (QED) is 0.669. The Bertz CT molecular complexity index is 716. The lowest BCUT2D eigenvalue weighted by atomic mass is 10.1. The van der Waals surface area contributed by atoms with E-state index in [1.165, 1.54) is 30.0 Å². The van der Waals surface area contributed by atoms with E-state index < -0.39 is 0 Å². The van der Waals surface area contributed by atoms with Crippen molar-refractivity contribution in [1.29, 1.82) is 0 Å². The van der Waals surface area contributed by atoms with E-state index in [0.29, 0.717) is 5.69 Å². The number of phenolic OH excluding ortho intramolecular Hbond substituents is 1. The standard InChI is InChI=1S/C16H15NO3S/c1-10-3-5-13(21-10)6-8-15(19)14-7-4-12(9-16(14)20)17-11(2)18/h3-9,20H,1-2H3,(H,17,18)/b8-6+. The number of anilines is 1. The zero-order valence-corrected chi connectivity index (χ0v) is 12.5. The van der Waals surface area contributed by atoms with Gasteiger partial charge in [0.1, 0.15) is 5.75 Å². The predicted octanol–water partition coefficient (Wildman–Crippen LogP) is 3.62. The van der Waals surface area contributed by atoms with Crippen molar-refractivity contribution in [3.63, 3.8) is 0 Å². The molecule has 0 aliphatic heterocycles. The second kappa shape index (κ2) is 6.37. The van der Waals surface area contributed by atoms with E-state index in [1.807, 2.05) is 19.1 Å². The van der Waals surface area contributed by atoms with Crippen LogP contribution in [-0.4, -0.2) is 16.8 Å². The minimum atomic E-state index is -0.284. The second-order valence-electron chi connectivity index (χ2n) is 4.56. The minimum absolute atomic E-state index is 0.154. The van der Waals surface area contributed by atoms with Gasteiger partial charge in [-0.15, -0.1) is 11.3 Å². The zero-order chi connectivity index (χ0) is 15.4. The summed E-state index contributed by atoms with van der Waals surface area (Å²) in [6, 6.07) is 8.35. The molecule has 108 valence electrons. The Morgan fingerprint density at radius 3 is 2.57 bits per heavy atom. The molecule has 21 heavy (non-hydrogen) atoms. The molecule has 0 saturated heterocycles. The Balaban J connectivity index is 2.15. The number of carbonyl (C=O) groups excluding carboxylic acids is 2. The number of phenols is 1. The number of benzene rings is 1. The average molecular weight is 301 g/mol. The number of hydrogen-bond acceptors (Lipinski definition) is 4. The molecule has 0 unspecified atom stereocenters. The number of allylic oxidation sites excluding steroid dienone is 1. The summed E-state index contributed by atoms with van der Waals surface area (Å²) in [5.41, 5.74) is 0.656. The SMILES string of the molecule is CC(=O)Nc1ccc(C(=O)/C=C/c2ccc(C)s2)c(O)c1. The zero-order valence-electron chi connectivity index (χ0n) is 11.7. The number of aromatic hydroxyl groups is 1. The molecular weight excluding hydrogens is 286 g/mol. The second-order valence-corrected chi connectivity index (χ2v) is 5.88. The van der Waals surface area contributed by atoms with Crippen LogP contribution in [0.25, 0.3) is 6.08 Å². The molecule has 0 saturated carbocycles. The van der Waals surface area contributed by atoms with Gasteiger partial charge < -0.3 is 10.4 Å². The lowest BCUT2D eigenvalue weighted by Crippen LogP contribution is -2.06. The van der Waals surface area contributed by atoms with Crippen molar-refractivity contribution in [2.24, 2.45) is 0 Å².